The molecule has 5 nitrogen and oxygen atoms in total. The van der Waals surface area contributed by atoms with E-state index in [1.54, 1.807) is 19.2 Å². The van der Waals surface area contributed by atoms with E-state index in [1.807, 2.05) is 20.8 Å². The van der Waals surface area contributed by atoms with Crippen LogP contribution in [0.25, 0.3) is 0 Å². The molecule has 0 amide bonds. The molecule has 1 aliphatic heterocycles. The lowest BCUT2D eigenvalue weighted by atomic mass is 10.00. The van der Waals surface area contributed by atoms with Gasteiger partial charge in [-0.2, -0.15) is 0 Å². The van der Waals surface area contributed by atoms with Crippen LogP contribution in [0.5, 0.6) is 11.5 Å². The first-order chi connectivity index (χ1) is 9.82. The van der Waals surface area contributed by atoms with Gasteiger partial charge in [0, 0.05) is 25.5 Å². The lowest BCUT2D eigenvalue weighted by molar-refractivity contribution is 0.0694. The van der Waals surface area contributed by atoms with Crippen molar-refractivity contribution in [3.63, 3.8) is 0 Å². The number of benzene rings is 1. The number of hydrogen-bond acceptors (Lipinski definition) is 4. The maximum Gasteiger partial charge on any atom is 0.335 e. The quantitative estimate of drug-likeness (QED) is 0.874. The highest BCUT2D eigenvalue weighted by atomic mass is 16.5. The van der Waals surface area contributed by atoms with E-state index < -0.39 is 5.97 Å². The summed E-state index contributed by atoms with van der Waals surface area (Å²) < 4.78 is 16.8. The summed E-state index contributed by atoms with van der Waals surface area (Å²) in [5.74, 6) is 0.217. The lowest BCUT2D eigenvalue weighted by Gasteiger charge is -2.16. The number of ether oxygens (including phenoxy) is 3. The van der Waals surface area contributed by atoms with Crippen molar-refractivity contribution in [2.75, 3.05) is 13.7 Å². The van der Waals surface area contributed by atoms with Gasteiger partial charge in [-0.15, -0.1) is 0 Å². The Bertz CT molecular complexity index is 536. The molecule has 0 bridgehead atoms. The summed E-state index contributed by atoms with van der Waals surface area (Å²) in [5.41, 5.74) is 0.786. The molecule has 5 heteroatoms. The molecule has 0 saturated carbocycles. The smallest absolute Gasteiger partial charge is 0.335 e. The van der Waals surface area contributed by atoms with Gasteiger partial charge < -0.3 is 19.3 Å². The topological polar surface area (TPSA) is 65.0 Å². The first-order valence-electron chi connectivity index (χ1n) is 7.07. The van der Waals surface area contributed by atoms with Gasteiger partial charge in [0.25, 0.3) is 0 Å². The molecule has 1 heterocycles. The summed E-state index contributed by atoms with van der Waals surface area (Å²) in [6, 6.07) is 3.14. The van der Waals surface area contributed by atoms with Crippen LogP contribution in [-0.4, -0.2) is 36.5 Å². The van der Waals surface area contributed by atoms with Gasteiger partial charge >= 0.3 is 5.97 Å². The second-order valence-corrected chi connectivity index (χ2v) is 5.98. The highest BCUT2D eigenvalue weighted by Crippen LogP contribution is 2.41. The fraction of sp³-hybridized carbons (Fsp3) is 0.562. The molecule has 0 aromatic heterocycles. The average molecular weight is 294 g/mol. The van der Waals surface area contributed by atoms with Crippen molar-refractivity contribution in [1.82, 2.24) is 0 Å². The maximum atomic E-state index is 11.2. The monoisotopic (exact) mass is 294 g/mol. The fourth-order valence-corrected chi connectivity index (χ4v) is 2.35. The molecule has 2 rings (SSSR count). The van der Waals surface area contributed by atoms with Crippen molar-refractivity contribution < 1.29 is 24.1 Å². The summed E-state index contributed by atoms with van der Waals surface area (Å²) >= 11 is 0. The Morgan fingerprint density at radius 2 is 2.19 bits per heavy atom. The molecule has 1 N–H and O–H groups in total. The summed E-state index contributed by atoms with van der Waals surface area (Å²) in [6.07, 6.45) is 1.55. The third-order valence-corrected chi connectivity index (χ3v) is 3.59. The van der Waals surface area contributed by atoms with E-state index in [-0.39, 0.29) is 17.3 Å². The number of carbonyl (C=O) groups is 1. The predicted molar refractivity (Wildman–Crippen MR) is 78.4 cm³/mol. The molecule has 21 heavy (non-hydrogen) atoms. The first kappa shape index (κ1) is 15.6. The largest absolute Gasteiger partial charge is 0.493 e. The van der Waals surface area contributed by atoms with Gasteiger partial charge in [0.2, 0.25) is 0 Å². The molecule has 1 aromatic carbocycles. The normalized spacial score (nSPS) is 17.0. The van der Waals surface area contributed by atoms with Crippen LogP contribution >= 0.6 is 0 Å². The van der Waals surface area contributed by atoms with Crippen molar-refractivity contribution in [3.05, 3.63) is 23.3 Å². The highest BCUT2D eigenvalue weighted by Gasteiger charge is 2.33. The standard InChI is InChI=1S/C16H22O5/c1-10(19-4)5-6-20-13-7-11(15(17)18)8-14-12(13)9-16(2,3)21-14/h7-8,10H,5-6,9H2,1-4H3,(H,17,18). The summed E-state index contributed by atoms with van der Waals surface area (Å²) in [6.45, 7) is 6.40. The number of fused-ring (bicyclic) bond motifs is 1. The Morgan fingerprint density at radius 3 is 2.81 bits per heavy atom. The van der Waals surface area contributed by atoms with Crippen molar-refractivity contribution >= 4 is 5.97 Å². The van der Waals surface area contributed by atoms with Gasteiger partial charge in [-0.3, -0.25) is 0 Å². The van der Waals surface area contributed by atoms with Crippen LogP contribution in [0.3, 0.4) is 0 Å². The molecular weight excluding hydrogens is 272 g/mol. The Kier molecular flexibility index (Phi) is 4.42. The van der Waals surface area contributed by atoms with Gasteiger partial charge in [-0.25, -0.2) is 4.79 Å². The van der Waals surface area contributed by atoms with E-state index in [0.717, 1.165) is 12.0 Å². The zero-order chi connectivity index (χ0) is 15.6. The molecule has 0 saturated heterocycles. The van der Waals surface area contributed by atoms with E-state index >= 15 is 0 Å². The first-order valence-corrected chi connectivity index (χ1v) is 7.07. The molecule has 1 atom stereocenters. The lowest BCUT2D eigenvalue weighted by Crippen LogP contribution is -2.24. The third-order valence-electron chi connectivity index (χ3n) is 3.59. The van der Waals surface area contributed by atoms with Gasteiger partial charge in [0.1, 0.15) is 17.1 Å². The van der Waals surface area contributed by atoms with Gasteiger partial charge in [0.05, 0.1) is 18.3 Å². The zero-order valence-corrected chi connectivity index (χ0v) is 12.9. The van der Waals surface area contributed by atoms with Crippen LogP contribution in [0.1, 0.15) is 43.1 Å². The van der Waals surface area contributed by atoms with Crippen LogP contribution in [0.15, 0.2) is 12.1 Å². The zero-order valence-electron chi connectivity index (χ0n) is 12.9. The minimum absolute atomic E-state index is 0.105. The van der Waals surface area contributed by atoms with Crippen molar-refractivity contribution in [2.45, 2.75) is 45.3 Å². The minimum atomic E-state index is -0.985. The number of methoxy groups -OCH3 is 1. The Hall–Kier alpha value is -1.75. The Labute approximate surface area is 124 Å². The molecule has 0 fully saturated rings. The SMILES string of the molecule is COC(C)CCOc1cc(C(=O)O)cc2c1CC(C)(C)O2. The van der Waals surface area contributed by atoms with E-state index in [0.29, 0.717) is 24.5 Å². The molecular formula is C16H22O5. The van der Waals surface area contributed by atoms with Gasteiger partial charge in [-0.1, -0.05) is 0 Å². The summed E-state index contributed by atoms with van der Waals surface area (Å²) in [5, 5.41) is 9.19. The summed E-state index contributed by atoms with van der Waals surface area (Å²) in [7, 11) is 1.66. The van der Waals surface area contributed by atoms with Crippen molar-refractivity contribution in [2.24, 2.45) is 0 Å². The number of carboxylic acids is 1. The van der Waals surface area contributed by atoms with Crippen molar-refractivity contribution in [3.8, 4) is 11.5 Å². The van der Waals surface area contributed by atoms with Crippen LogP contribution in [-0.2, 0) is 11.2 Å². The maximum absolute atomic E-state index is 11.2. The number of hydrogen-bond donors (Lipinski definition) is 1. The van der Waals surface area contributed by atoms with E-state index in [9.17, 15) is 9.90 Å². The molecule has 1 aliphatic rings. The molecule has 0 radical (unpaired) electrons. The van der Waals surface area contributed by atoms with E-state index in [4.69, 9.17) is 14.2 Å². The van der Waals surface area contributed by atoms with Crippen LogP contribution in [0.4, 0.5) is 0 Å². The third kappa shape index (κ3) is 3.67. The molecule has 1 aromatic rings. The van der Waals surface area contributed by atoms with Crippen LogP contribution < -0.4 is 9.47 Å². The van der Waals surface area contributed by atoms with E-state index in [2.05, 4.69) is 0 Å². The molecule has 1 unspecified atom stereocenters. The van der Waals surface area contributed by atoms with Crippen LogP contribution in [0, 0.1) is 0 Å². The number of aromatic carboxylic acids is 1. The molecule has 116 valence electrons. The highest BCUT2D eigenvalue weighted by molar-refractivity contribution is 5.89. The van der Waals surface area contributed by atoms with Gasteiger partial charge in [-0.05, 0) is 32.9 Å². The predicted octanol–water partition coefficient (Wildman–Crippen LogP) is 2.90. The van der Waals surface area contributed by atoms with Crippen molar-refractivity contribution in [1.29, 1.82) is 0 Å². The summed E-state index contributed by atoms with van der Waals surface area (Å²) in [4.78, 5) is 11.2. The average Bonchev–Trinajstić information content (AvgIpc) is 2.72. The molecule has 0 aliphatic carbocycles. The Balaban J connectivity index is 2.22. The fourth-order valence-electron chi connectivity index (χ4n) is 2.35. The minimum Gasteiger partial charge on any atom is -0.493 e. The van der Waals surface area contributed by atoms with E-state index in [1.165, 1.54) is 0 Å². The Morgan fingerprint density at radius 1 is 1.48 bits per heavy atom. The number of rotatable bonds is 6. The molecule has 0 spiro atoms. The van der Waals surface area contributed by atoms with Gasteiger partial charge in [0.15, 0.2) is 0 Å². The van der Waals surface area contributed by atoms with Crippen LogP contribution in [0.2, 0.25) is 0 Å². The second kappa shape index (κ2) is 5.93. The number of carboxylic acid groups (broad SMARTS) is 1. The second-order valence-electron chi connectivity index (χ2n) is 5.98.